The largest absolute Gasteiger partial charge is 0.494 e. The molecule has 4 rings (SSSR count). The molecule has 0 radical (unpaired) electrons. The van der Waals surface area contributed by atoms with Gasteiger partial charge in [-0.1, -0.05) is 24.3 Å². The second-order valence-electron chi connectivity index (χ2n) is 7.28. The Hall–Kier alpha value is -3.61. The third-order valence-electron chi connectivity index (χ3n) is 5.05. The summed E-state index contributed by atoms with van der Waals surface area (Å²) in [5, 5.41) is 5.90. The van der Waals surface area contributed by atoms with Crippen molar-refractivity contribution >= 4 is 11.7 Å². The molecule has 0 spiro atoms. The van der Waals surface area contributed by atoms with Crippen LogP contribution in [0.1, 0.15) is 30.4 Å². The van der Waals surface area contributed by atoms with Gasteiger partial charge in [-0.15, -0.1) is 0 Å². The number of rotatable bonds is 7. The van der Waals surface area contributed by atoms with Gasteiger partial charge in [0, 0.05) is 30.0 Å². The van der Waals surface area contributed by atoms with E-state index in [4.69, 9.17) is 4.74 Å². The van der Waals surface area contributed by atoms with Crippen molar-refractivity contribution in [2.45, 2.75) is 31.8 Å². The van der Waals surface area contributed by atoms with Gasteiger partial charge in [0.2, 0.25) is 0 Å². The first kappa shape index (κ1) is 19.7. The number of nitrogens with zero attached hydrogens (tertiary/aromatic N) is 2. The van der Waals surface area contributed by atoms with E-state index in [9.17, 15) is 9.59 Å². The van der Waals surface area contributed by atoms with Gasteiger partial charge in [0.25, 0.3) is 0 Å². The highest BCUT2D eigenvalue weighted by atomic mass is 16.5. The Morgan fingerprint density at radius 3 is 2.80 bits per heavy atom. The molecule has 3 aromatic rings. The zero-order valence-corrected chi connectivity index (χ0v) is 16.7. The van der Waals surface area contributed by atoms with Gasteiger partial charge < -0.3 is 15.4 Å². The SMILES string of the molecule is CCOc1ccc([C@@H]2C[C@H]2NC(=O)Nc2cccc(Cn3cccnc3=O)c2)cc1. The first-order chi connectivity index (χ1) is 14.6. The molecular formula is C23H24N4O3. The molecule has 2 atom stereocenters. The van der Waals surface area contributed by atoms with Crippen LogP contribution < -0.4 is 21.1 Å². The monoisotopic (exact) mass is 404 g/mol. The zero-order chi connectivity index (χ0) is 20.9. The summed E-state index contributed by atoms with van der Waals surface area (Å²) >= 11 is 0. The number of urea groups is 1. The van der Waals surface area contributed by atoms with E-state index >= 15 is 0 Å². The topological polar surface area (TPSA) is 85.2 Å². The zero-order valence-electron chi connectivity index (χ0n) is 16.7. The van der Waals surface area contributed by atoms with Gasteiger partial charge in [0.1, 0.15) is 5.75 Å². The molecule has 7 nitrogen and oxygen atoms in total. The Bertz CT molecular complexity index is 1080. The molecule has 7 heteroatoms. The molecule has 1 aliphatic carbocycles. The fraction of sp³-hybridized carbons (Fsp3) is 0.261. The van der Waals surface area contributed by atoms with Crippen LogP contribution in [0.25, 0.3) is 0 Å². The lowest BCUT2D eigenvalue weighted by atomic mass is 10.1. The number of hydrogen-bond acceptors (Lipinski definition) is 4. The van der Waals surface area contributed by atoms with Crippen LogP contribution in [0.3, 0.4) is 0 Å². The molecular weight excluding hydrogens is 380 g/mol. The molecule has 1 heterocycles. The van der Waals surface area contributed by atoms with E-state index in [1.165, 1.54) is 16.3 Å². The van der Waals surface area contributed by atoms with Crippen molar-refractivity contribution in [1.82, 2.24) is 14.9 Å². The first-order valence-electron chi connectivity index (χ1n) is 10.0. The molecule has 0 bridgehead atoms. The van der Waals surface area contributed by atoms with Gasteiger partial charge in [0.15, 0.2) is 0 Å². The molecule has 0 unspecified atom stereocenters. The second-order valence-corrected chi connectivity index (χ2v) is 7.28. The molecule has 2 amide bonds. The normalized spacial score (nSPS) is 17.2. The van der Waals surface area contributed by atoms with Crippen LogP contribution in [0, 0.1) is 0 Å². The summed E-state index contributed by atoms with van der Waals surface area (Å²) < 4.78 is 6.99. The minimum absolute atomic E-state index is 0.125. The number of carbonyl (C=O) groups excluding carboxylic acids is 1. The number of carbonyl (C=O) groups is 1. The van der Waals surface area contributed by atoms with E-state index in [1.807, 2.05) is 43.3 Å². The van der Waals surface area contributed by atoms with E-state index in [-0.39, 0.29) is 17.8 Å². The standard InChI is InChI=1S/C23H24N4O3/c1-2-30-19-9-7-17(8-10-19)20-14-21(20)26-22(28)25-18-6-3-5-16(13-18)15-27-12-4-11-24-23(27)29/h3-13,20-21H,2,14-15H2,1H3,(H2,25,26,28)/t20-,21+/m0/s1. The molecule has 0 aliphatic heterocycles. The van der Waals surface area contributed by atoms with Gasteiger partial charge in [-0.2, -0.15) is 0 Å². The molecule has 154 valence electrons. The average molecular weight is 404 g/mol. The van der Waals surface area contributed by atoms with Crippen LogP contribution in [0.15, 0.2) is 71.8 Å². The highest BCUT2D eigenvalue weighted by molar-refractivity contribution is 5.89. The van der Waals surface area contributed by atoms with Crippen molar-refractivity contribution in [3.05, 3.63) is 88.6 Å². The van der Waals surface area contributed by atoms with E-state index in [2.05, 4.69) is 27.8 Å². The highest BCUT2D eigenvalue weighted by Gasteiger charge is 2.39. The van der Waals surface area contributed by atoms with E-state index < -0.39 is 0 Å². The van der Waals surface area contributed by atoms with Gasteiger partial charge in [-0.25, -0.2) is 14.6 Å². The lowest BCUT2D eigenvalue weighted by molar-refractivity contribution is 0.251. The second kappa shape index (κ2) is 8.82. The van der Waals surface area contributed by atoms with Crippen molar-refractivity contribution in [3.8, 4) is 5.75 Å². The Morgan fingerprint density at radius 2 is 2.03 bits per heavy atom. The minimum Gasteiger partial charge on any atom is -0.494 e. The van der Waals surface area contributed by atoms with Gasteiger partial charge in [0.05, 0.1) is 13.2 Å². The lowest BCUT2D eigenvalue weighted by Crippen LogP contribution is -2.31. The third-order valence-corrected chi connectivity index (χ3v) is 5.05. The van der Waals surface area contributed by atoms with Crippen molar-refractivity contribution in [3.63, 3.8) is 0 Å². The fourth-order valence-electron chi connectivity index (χ4n) is 3.49. The van der Waals surface area contributed by atoms with Crippen molar-refractivity contribution in [2.24, 2.45) is 0 Å². The number of anilines is 1. The number of nitrogens with one attached hydrogen (secondary N) is 2. The Kier molecular flexibility index (Phi) is 5.79. The van der Waals surface area contributed by atoms with Gasteiger partial charge >= 0.3 is 11.7 Å². The van der Waals surface area contributed by atoms with Crippen LogP contribution in [-0.2, 0) is 6.54 Å². The fourth-order valence-corrected chi connectivity index (χ4v) is 3.49. The lowest BCUT2D eigenvalue weighted by Gasteiger charge is -2.10. The first-order valence-corrected chi connectivity index (χ1v) is 10.0. The van der Waals surface area contributed by atoms with Crippen LogP contribution in [0.4, 0.5) is 10.5 Å². The van der Waals surface area contributed by atoms with Crippen LogP contribution in [0.5, 0.6) is 5.75 Å². The van der Waals surface area contributed by atoms with Crippen molar-refractivity contribution in [1.29, 1.82) is 0 Å². The van der Waals surface area contributed by atoms with Crippen LogP contribution in [-0.4, -0.2) is 28.2 Å². The number of amides is 2. The molecule has 1 fully saturated rings. The number of benzene rings is 2. The van der Waals surface area contributed by atoms with Crippen molar-refractivity contribution in [2.75, 3.05) is 11.9 Å². The summed E-state index contributed by atoms with van der Waals surface area (Å²) in [6.45, 7) is 3.00. The molecule has 2 aromatic carbocycles. The minimum atomic E-state index is -0.303. The molecule has 1 aliphatic rings. The molecule has 1 saturated carbocycles. The average Bonchev–Trinajstić information content (AvgIpc) is 3.50. The molecule has 30 heavy (non-hydrogen) atoms. The summed E-state index contributed by atoms with van der Waals surface area (Å²) in [6, 6.07) is 17.1. The Labute approximate surface area is 174 Å². The van der Waals surface area contributed by atoms with Crippen LogP contribution in [0.2, 0.25) is 0 Å². The number of hydrogen-bond donors (Lipinski definition) is 2. The predicted molar refractivity (Wildman–Crippen MR) is 115 cm³/mol. The maximum atomic E-state index is 12.4. The maximum absolute atomic E-state index is 12.4. The summed E-state index contributed by atoms with van der Waals surface area (Å²) in [6.07, 6.45) is 4.08. The van der Waals surface area contributed by atoms with Crippen molar-refractivity contribution < 1.29 is 9.53 Å². The summed E-state index contributed by atoms with van der Waals surface area (Å²) in [4.78, 5) is 27.9. The summed E-state index contributed by atoms with van der Waals surface area (Å²) in [5.41, 5.74) is 2.48. The van der Waals surface area contributed by atoms with Crippen LogP contribution >= 0.6 is 0 Å². The summed E-state index contributed by atoms with van der Waals surface area (Å²) in [7, 11) is 0. The predicted octanol–water partition coefficient (Wildman–Crippen LogP) is 3.37. The Morgan fingerprint density at radius 1 is 1.20 bits per heavy atom. The smallest absolute Gasteiger partial charge is 0.347 e. The molecule has 2 N–H and O–H groups in total. The van der Waals surface area contributed by atoms with E-state index in [0.717, 1.165) is 17.7 Å². The Balaban J connectivity index is 1.31. The number of ether oxygens (including phenoxy) is 1. The van der Waals surface area contributed by atoms with E-state index in [0.29, 0.717) is 24.8 Å². The van der Waals surface area contributed by atoms with E-state index in [1.54, 1.807) is 12.3 Å². The highest BCUT2D eigenvalue weighted by Crippen LogP contribution is 2.41. The molecule has 1 aromatic heterocycles. The number of aromatic nitrogens is 2. The maximum Gasteiger partial charge on any atom is 0.347 e. The molecule has 0 saturated heterocycles. The quantitative estimate of drug-likeness (QED) is 0.632. The van der Waals surface area contributed by atoms with Gasteiger partial charge in [-0.3, -0.25) is 4.57 Å². The van der Waals surface area contributed by atoms with Gasteiger partial charge in [-0.05, 0) is 54.8 Å². The summed E-state index contributed by atoms with van der Waals surface area (Å²) in [5.74, 6) is 1.19. The third kappa shape index (κ3) is 4.86.